The monoisotopic (exact) mass is 228 g/mol. The summed E-state index contributed by atoms with van der Waals surface area (Å²) < 4.78 is 4.89. The van der Waals surface area contributed by atoms with Crippen LogP contribution in [0.25, 0.3) is 0 Å². The molecule has 0 aromatic rings. The molecule has 4 heteroatoms. The zero-order chi connectivity index (χ0) is 12.1. The Balaban J connectivity index is 2.19. The second-order valence-electron chi connectivity index (χ2n) is 4.36. The predicted octanol–water partition coefficient (Wildman–Crippen LogP) is 1.16. The first-order valence-electron chi connectivity index (χ1n) is 5.74. The normalized spacial score (nSPS) is 19.9. The highest BCUT2D eigenvalue weighted by Gasteiger charge is 2.20. The van der Waals surface area contributed by atoms with Gasteiger partial charge >= 0.3 is 5.97 Å². The highest BCUT2D eigenvalue weighted by molar-refractivity contribution is 5.90. The van der Waals surface area contributed by atoms with E-state index in [0.717, 1.165) is 30.4 Å². The quantitative estimate of drug-likeness (QED) is 0.529. The summed E-state index contributed by atoms with van der Waals surface area (Å²) in [6, 6.07) is 0. The smallest absolute Gasteiger partial charge is 0.334 e. The second kappa shape index (κ2) is 6.01. The van der Waals surface area contributed by atoms with Crippen LogP contribution >= 0.6 is 0 Å². The predicted molar refractivity (Wildman–Crippen MR) is 59.8 cm³/mol. The fraction of sp³-hybridized carbons (Fsp3) is 0.750. The Bertz CT molecular complexity index is 281. The summed E-state index contributed by atoms with van der Waals surface area (Å²) in [5.74, 6) is -0.209. The number of unbranched alkanes of at least 4 members (excludes halogenated alkanes) is 1. The fourth-order valence-electron chi connectivity index (χ4n) is 1.71. The number of cyclic esters (lactones) is 1. The number of carbonyl (C=O) groups is 1. The van der Waals surface area contributed by atoms with Gasteiger partial charge in [0.25, 0.3) is 0 Å². The Kier molecular flexibility index (Phi) is 4.96. The molecule has 1 heterocycles. The molecular weight excluding hydrogens is 208 g/mol. The molecule has 4 nitrogen and oxygen atoms in total. The zero-order valence-electron chi connectivity index (χ0n) is 9.90. The molecule has 0 aromatic heterocycles. The van der Waals surface area contributed by atoms with Gasteiger partial charge in [-0.3, -0.25) is 0 Å². The summed E-state index contributed by atoms with van der Waals surface area (Å²) >= 11 is 0. The van der Waals surface area contributed by atoms with Crippen molar-refractivity contribution in [2.75, 3.05) is 6.61 Å². The maximum atomic E-state index is 11.1. The van der Waals surface area contributed by atoms with Crippen LogP contribution in [0.5, 0.6) is 0 Å². The van der Waals surface area contributed by atoms with Gasteiger partial charge in [-0.2, -0.15) is 0 Å². The molecule has 0 aromatic carbocycles. The minimum atomic E-state index is -0.669. The highest BCUT2D eigenvalue weighted by atomic mass is 16.5. The number of esters is 1. The van der Waals surface area contributed by atoms with E-state index >= 15 is 0 Å². The fourth-order valence-corrected chi connectivity index (χ4v) is 1.71. The maximum Gasteiger partial charge on any atom is 0.334 e. The molecule has 0 spiro atoms. The molecular formula is C12H20O4. The van der Waals surface area contributed by atoms with Gasteiger partial charge in [-0.05, 0) is 38.7 Å². The first kappa shape index (κ1) is 13.2. The lowest BCUT2D eigenvalue weighted by molar-refractivity contribution is -0.135. The Hall–Kier alpha value is -0.870. The minimum absolute atomic E-state index is 0.209. The van der Waals surface area contributed by atoms with Crippen LogP contribution < -0.4 is 0 Å². The summed E-state index contributed by atoms with van der Waals surface area (Å²) in [5.41, 5.74) is 1.80. The van der Waals surface area contributed by atoms with Crippen molar-refractivity contribution >= 4 is 5.97 Å². The molecule has 0 saturated heterocycles. The molecule has 1 rings (SSSR count). The van der Waals surface area contributed by atoms with Crippen molar-refractivity contribution in [2.24, 2.45) is 0 Å². The largest absolute Gasteiger partial charge is 0.458 e. The molecule has 0 radical (unpaired) electrons. The van der Waals surface area contributed by atoms with E-state index in [0.29, 0.717) is 13.0 Å². The van der Waals surface area contributed by atoms with E-state index in [1.54, 1.807) is 13.8 Å². The molecule has 0 aliphatic carbocycles. The van der Waals surface area contributed by atoms with Crippen LogP contribution in [-0.4, -0.2) is 35.0 Å². The van der Waals surface area contributed by atoms with Crippen molar-refractivity contribution in [2.45, 2.75) is 51.7 Å². The Labute approximate surface area is 95.9 Å². The number of aliphatic hydroxyl groups is 2. The Morgan fingerprint density at radius 3 is 2.56 bits per heavy atom. The van der Waals surface area contributed by atoms with Crippen molar-refractivity contribution in [3.8, 4) is 0 Å². The molecule has 92 valence electrons. The number of rotatable bonds is 6. The molecule has 0 amide bonds. The summed E-state index contributed by atoms with van der Waals surface area (Å²) in [5, 5.41) is 18.5. The standard InChI is InChI=1S/C12H20O4/c1-8-10(7-16-12(8)15)5-3-4-6-11(14)9(2)13/h9,11,13-14H,3-7H2,1-2H3/t9-,11+/m1/s1. The van der Waals surface area contributed by atoms with Gasteiger partial charge in [0, 0.05) is 5.57 Å². The molecule has 0 saturated carbocycles. The maximum absolute atomic E-state index is 11.1. The van der Waals surface area contributed by atoms with Gasteiger partial charge < -0.3 is 14.9 Å². The molecule has 0 unspecified atom stereocenters. The number of ether oxygens (including phenoxy) is 1. The third-order valence-corrected chi connectivity index (χ3v) is 3.00. The van der Waals surface area contributed by atoms with E-state index < -0.39 is 12.2 Å². The third-order valence-electron chi connectivity index (χ3n) is 3.00. The lowest BCUT2D eigenvalue weighted by Gasteiger charge is -2.12. The summed E-state index contributed by atoms with van der Waals surface area (Å²) in [6.07, 6.45) is 1.88. The van der Waals surface area contributed by atoms with E-state index in [2.05, 4.69) is 0 Å². The van der Waals surface area contributed by atoms with Crippen LogP contribution in [-0.2, 0) is 9.53 Å². The first-order chi connectivity index (χ1) is 7.52. The first-order valence-corrected chi connectivity index (χ1v) is 5.74. The zero-order valence-corrected chi connectivity index (χ0v) is 9.90. The van der Waals surface area contributed by atoms with Crippen molar-refractivity contribution in [3.63, 3.8) is 0 Å². The summed E-state index contributed by atoms with van der Waals surface area (Å²) in [4.78, 5) is 11.1. The highest BCUT2D eigenvalue weighted by Crippen LogP contribution is 2.21. The Morgan fingerprint density at radius 1 is 1.38 bits per heavy atom. The lowest BCUT2D eigenvalue weighted by Crippen LogP contribution is -2.21. The van der Waals surface area contributed by atoms with Crippen LogP contribution in [0.2, 0.25) is 0 Å². The molecule has 2 N–H and O–H groups in total. The average Bonchev–Trinajstić information content (AvgIpc) is 2.55. The van der Waals surface area contributed by atoms with Gasteiger partial charge in [0.15, 0.2) is 0 Å². The average molecular weight is 228 g/mol. The number of hydrogen-bond donors (Lipinski definition) is 2. The van der Waals surface area contributed by atoms with Gasteiger partial charge in [0.1, 0.15) is 6.61 Å². The SMILES string of the molecule is CC1=C(CCCC[C@H](O)[C@@H](C)O)COC1=O. The van der Waals surface area contributed by atoms with Crippen LogP contribution in [0.3, 0.4) is 0 Å². The van der Waals surface area contributed by atoms with Crippen LogP contribution in [0.1, 0.15) is 39.5 Å². The van der Waals surface area contributed by atoms with Gasteiger partial charge in [-0.15, -0.1) is 0 Å². The van der Waals surface area contributed by atoms with Crippen LogP contribution in [0.15, 0.2) is 11.1 Å². The van der Waals surface area contributed by atoms with E-state index in [4.69, 9.17) is 9.84 Å². The van der Waals surface area contributed by atoms with E-state index in [-0.39, 0.29) is 5.97 Å². The van der Waals surface area contributed by atoms with Crippen LogP contribution in [0.4, 0.5) is 0 Å². The minimum Gasteiger partial charge on any atom is -0.458 e. The van der Waals surface area contributed by atoms with Crippen LogP contribution in [0, 0.1) is 0 Å². The molecule has 16 heavy (non-hydrogen) atoms. The van der Waals surface area contributed by atoms with E-state index in [1.165, 1.54) is 0 Å². The van der Waals surface area contributed by atoms with Gasteiger partial charge in [0.05, 0.1) is 12.2 Å². The Morgan fingerprint density at radius 2 is 2.06 bits per heavy atom. The summed E-state index contributed by atoms with van der Waals surface area (Å²) in [6.45, 7) is 3.79. The molecule has 2 atom stereocenters. The van der Waals surface area contributed by atoms with Crippen molar-refractivity contribution in [1.82, 2.24) is 0 Å². The van der Waals surface area contributed by atoms with E-state index in [1.807, 2.05) is 0 Å². The summed E-state index contributed by atoms with van der Waals surface area (Å²) in [7, 11) is 0. The molecule has 1 aliphatic heterocycles. The van der Waals surface area contributed by atoms with Gasteiger partial charge in [0.2, 0.25) is 0 Å². The van der Waals surface area contributed by atoms with E-state index in [9.17, 15) is 9.90 Å². The van der Waals surface area contributed by atoms with Gasteiger partial charge in [-0.1, -0.05) is 6.42 Å². The lowest BCUT2D eigenvalue weighted by atomic mass is 10.0. The molecule has 1 aliphatic rings. The number of hydrogen-bond acceptors (Lipinski definition) is 4. The number of carbonyl (C=O) groups excluding carboxylic acids is 1. The van der Waals surface area contributed by atoms with Crippen molar-refractivity contribution in [3.05, 3.63) is 11.1 Å². The van der Waals surface area contributed by atoms with Gasteiger partial charge in [-0.25, -0.2) is 4.79 Å². The number of aliphatic hydroxyl groups excluding tert-OH is 2. The molecule has 0 bridgehead atoms. The second-order valence-corrected chi connectivity index (χ2v) is 4.36. The van der Waals surface area contributed by atoms with Crippen molar-refractivity contribution in [1.29, 1.82) is 0 Å². The third kappa shape index (κ3) is 3.61. The van der Waals surface area contributed by atoms with Crippen molar-refractivity contribution < 1.29 is 19.7 Å². The molecule has 0 fully saturated rings. The topological polar surface area (TPSA) is 66.8 Å².